The average molecular weight is 484 g/mol. The Hall–Kier alpha value is -4.49. The second-order valence-corrected chi connectivity index (χ2v) is 8.70. The Morgan fingerprint density at radius 3 is 2.22 bits per heavy atom. The van der Waals surface area contributed by atoms with Gasteiger partial charge < -0.3 is 19.3 Å². The molecule has 0 aromatic heterocycles. The first kappa shape index (κ1) is 23.3. The third kappa shape index (κ3) is 4.44. The van der Waals surface area contributed by atoms with Crippen LogP contribution in [0.5, 0.6) is 0 Å². The van der Waals surface area contributed by atoms with Gasteiger partial charge in [-0.05, 0) is 46.0 Å². The molecule has 3 aromatic rings. The Morgan fingerprint density at radius 1 is 0.972 bits per heavy atom. The summed E-state index contributed by atoms with van der Waals surface area (Å²) in [5, 5.41) is 3.64. The Kier molecular flexibility index (Phi) is 6.47. The SMILES string of the molecule is COC(=O)c1cc(N=[N+]=[N-])cc(N2CCN(C(=O)OCC3c4ccccc4-c4ccccc43)CC2)c1. The van der Waals surface area contributed by atoms with E-state index in [-0.39, 0.29) is 18.6 Å². The van der Waals surface area contributed by atoms with Crippen LogP contribution in [0.25, 0.3) is 21.6 Å². The van der Waals surface area contributed by atoms with Crippen molar-refractivity contribution < 1.29 is 19.1 Å². The first-order valence-electron chi connectivity index (χ1n) is 11.7. The lowest BCUT2D eigenvalue weighted by atomic mass is 9.98. The molecule has 3 aromatic carbocycles. The van der Waals surface area contributed by atoms with Crippen LogP contribution in [0.15, 0.2) is 71.8 Å². The van der Waals surface area contributed by atoms with Gasteiger partial charge in [0.05, 0.1) is 12.7 Å². The van der Waals surface area contributed by atoms with Gasteiger partial charge in [0.25, 0.3) is 0 Å². The van der Waals surface area contributed by atoms with E-state index in [4.69, 9.17) is 15.0 Å². The number of carbonyl (C=O) groups is 2. The zero-order valence-corrected chi connectivity index (χ0v) is 19.8. The molecule has 1 aliphatic carbocycles. The molecule has 1 saturated heterocycles. The summed E-state index contributed by atoms with van der Waals surface area (Å²) in [5.41, 5.74) is 14.9. The number of azide groups is 1. The van der Waals surface area contributed by atoms with Crippen LogP contribution in [0.3, 0.4) is 0 Å². The lowest BCUT2D eigenvalue weighted by molar-refractivity contribution is 0.0600. The third-order valence-corrected chi connectivity index (χ3v) is 6.72. The predicted octanol–water partition coefficient (Wildman–Crippen LogP) is 5.49. The number of piperazine rings is 1. The Bertz CT molecular complexity index is 1310. The highest BCUT2D eigenvalue weighted by molar-refractivity contribution is 5.92. The van der Waals surface area contributed by atoms with Crippen LogP contribution >= 0.6 is 0 Å². The highest BCUT2D eigenvalue weighted by Crippen LogP contribution is 2.44. The van der Waals surface area contributed by atoms with Crippen molar-refractivity contribution in [2.45, 2.75) is 5.92 Å². The number of fused-ring (bicyclic) bond motifs is 3. The fourth-order valence-corrected chi connectivity index (χ4v) is 4.96. The Labute approximate surface area is 208 Å². The van der Waals surface area contributed by atoms with E-state index in [0.717, 1.165) is 5.69 Å². The number of ether oxygens (including phenoxy) is 2. The maximum Gasteiger partial charge on any atom is 0.409 e. The average Bonchev–Trinajstić information content (AvgIpc) is 3.25. The van der Waals surface area contributed by atoms with Gasteiger partial charge in [-0.3, -0.25) is 0 Å². The van der Waals surface area contributed by atoms with Crippen LogP contribution in [0, 0.1) is 0 Å². The van der Waals surface area contributed by atoms with Crippen LogP contribution in [0.1, 0.15) is 27.4 Å². The molecule has 0 atom stereocenters. The van der Waals surface area contributed by atoms with Gasteiger partial charge in [0.2, 0.25) is 0 Å². The molecule has 1 fully saturated rings. The summed E-state index contributed by atoms with van der Waals surface area (Å²) in [4.78, 5) is 31.5. The number of benzene rings is 3. The van der Waals surface area contributed by atoms with E-state index in [1.165, 1.54) is 35.4 Å². The molecule has 5 rings (SSSR count). The van der Waals surface area contributed by atoms with Gasteiger partial charge in [-0.15, -0.1) is 0 Å². The number of anilines is 1. The highest BCUT2D eigenvalue weighted by atomic mass is 16.6. The van der Waals surface area contributed by atoms with Crippen molar-refractivity contribution in [3.8, 4) is 11.1 Å². The van der Waals surface area contributed by atoms with Gasteiger partial charge in [0.1, 0.15) is 6.61 Å². The first-order valence-corrected chi connectivity index (χ1v) is 11.7. The molecule has 2 aliphatic rings. The maximum atomic E-state index is 12.9. The summed E-state index contributed by atoms with van der Waals surface area (Å²) in [6.07, 6.45) is -0.338. The van der Waals surface area contributed by atoms with Crippen LogP contribution < -0.4 is 4.90 Å². The summed E-state index contributed by atoms with van der Waals surface area (Å²) in [7, 11) is 1.30. The standard InChI is InChI=1S/C27H25N5O4/c1-35-26(33)18-14-19(29-30-28)16-20(15-18)31-10-12-32(13-11-31)27(34)36-17-25-23-8-4-2-6-21(23)22-7-3-5-9-24(22)25/h2-9,14-16,25H,10-13,17H2,1H3. The van der Waals surface area contributed by atoms with Gasteiger partial charge in [-0.1, -0.05) is 53.6 Å². The number of hydrogen-bond acceptors (Lipinski definition) is 6. The molecule has 0 bridgehead atoms. The number of hydrogen-bond donors (Lipinski definition) is 0. The van der Waals surface area contributed by atoms with Crippen molar-refractivity contribution in [1.82, 2.24) is 4.90 Å². The quantitative estimate of drug-likeness (QED) is 0.206. The molecule has 36 heavy (non-hydrogen) atoms. The van der Waals surface area contributed by atoms with Crippen molar-refractivity contribution >= 4 is 23.4 Å². The van der Waals surface area contributed by atoms with Gasteiger partial charge in [0.15, 0.2) is 0 Å². The minimum atomic E-state index is -0.511. The number of rotatable bonds is 5. The maximum absolute atomic E-state index is 12.9. The van der Waals surface area contributed by atoms with E-state index in [0.29, 0.717) is 37.4 Å². The third-order valence-electron chi connectivity index (χ3n) is 6.72. The van der Waals surface area contributed by atoms with Crippen molar-refractivity contribution in [2.75, 3.05) is 44.8 Å². The van der Waals surface area contributed by atoms with E-state index in [1.807, 2.05) is 29.2 Å². The molecule has 9 heteroatoms. The van der Waals surface area contributed by atoms with E-state index in [1.54, 1.807) is 17.0 Å². The number of methoxy groups -OCH3 is 1. The number of amides is 1. The number of carbonyl (C=O) groups excluding carboxylic acids is 2. The lowest BCUT2D eigenvalue weighted by Crippen LogP contribution is -2.49. The van der Waals surface area contributed by atoms with Gasteiger partial charge >= 0.3 is 12.1 Å². The molecule has 9 nitrogen and oxygen atoms in total. The molecule has 1 heterocycles. The fraction of sp³-hybridized carbons (Fsp3) is 0.259. The van der Waals surface area contributed by atoms with Gasteiger partial charge in [-0.2, -0.15) is 0 Å². The highest BCUT2D eigenvalue weighted by Gasteiger charge is 2.30. The molecule has 0 unspecified atom stereocenters. The second-order valence-electron chi connectivity index (χ2n) is 8.70. The van der Waals surface area contributed by atoms with Gasteiger partial charge in [0, 0.05) is 48.4 Å². The summed E-state index contributed by atoms with van der Waals surface area (Å²) in [5.74, 6) is -0.494. The largest absolute Gasteiger partial charge is 0.465 e. The molecular formula is C27H25N5O4. The van der Waals surface area contributed by atoms with Crippen molar-refractivity contribution in [1.29, 1.82) is 0 Å². The van der Waals surface area contributed by atoms with E-state index >= 15 is 0 Å². The number of nitrogens with zero attached hydrogens (tertiary/aromatic N) is 5. The fourth-order valence-electron chi connectivity index (χ4n) is 4.96. The molecule has 0 saturated carbocycles. The molecule has 0 spiro atoms. The van der Waals surface area contributed by atoms with E-state index in [9.17, 15) is 9.59 Å². The minimum Gasteiger partial charge on any atom is -0.465 e. The normalized spacial score (nSPS) is 14.5. The van der Waals surface area contributed by atoms with Crippen LogP contribution in [0.2, 0.25) is 0 Å². The summed E-state index contributed by atoms with van der Waals surface area (Å²) in [6.45, 7) is 2.31. The zero-order valence-electron chi connectivity index (χ0n) is 19.8. The Morgan fingerprint density at radius 2 is 1.61 bits per heavy atom. The smallest absolute Gasteiger partial charge is 0.409 e. The molecule has 1 amide bonds. The van der Waals surface area contributed by atoms with Crippen LogP contribution in [-0.4, -0.2) is 56.9 Å². The first-order chi connectivity index (χ1) is 17.6. The van der Waals surface area contributed by atoms with Gasteiger partial charge in [-0.25, -0.2) is 9.59 Å². The molecule has 0 radical (unpaired) electrons. The predicted molar refractivity (Wildman–Crippen MR) is 135 cm³/mol. The topological polar surface area (TPSA) is 108 Å². The summed E-state index contributed by atoms with van der Waals surface area (Å²) >= 11 is 0. The molecule has 0 N–H and O–H groups in total. The van der Waals surface area contributed by atoms with E-state index < -0.39 is 5.97 Å². The van der Waals surface area contributed by atoms with Crippen molar-refractivity contribution in [3.63, 3.8) is 0 Å². The molecule has 1 aliphatic heterocycles. The molecule has 182 valence electrons. The Balaban J connectivity index is 1.23. The second kappa shape index (κ2) is 10.0. The zero-order chi connectivity index (χ0) is 25.1. The monoisotopic (exact) mass is 483 g/mol. The van der Waals surface area contributed by atoms with E-state index in [2.05, 4.69) is 34.3 Å². The molecular weight excluding hydrogens is 458 g/mol. The van der Waals surface area contributed by atoms with Crippen LogP contribution in [-0.2, 0) is 9.47 Å². The lowest BCUT2D eigenvalue weighted by Gasteiger charge is -2.36. The summed E-state index contributed by atoms with van der Waals surface area (Å²) < 4.78 is 10.6. The van der Waals surface area contributed by atoms with Crippen molar-refractivity contribution in [2.24, 2.45) is 5.11 Å². The minimum absolute atomic E-state index is 0.0165. The number of esters is 1. The van der Waals surface area contributed by atoms with Crippen molar-refractivity contribution in [3.05, 3.63) is 93.9 Å². The van der Waals surface area contributed by atoms with Crippen LogP contribution in [0.4, 0.5) is 16.2 Å². The summed E-state index contributed by atoms with van der Waals surface area (Å²) in [6, 6.07) is 21.4.